The summed E-state index contributed by atoms with van der Waals surface area (Å²) in [6, 6.07) is 5.60. The van der Waals surface area contributed by atoms with E-state index in [9.17, 15) is 14.9 Å². The SMILES string of the molecule is Cc1cnccc1CNc1ccc(C(=O)O)cc1[N+](=O)[O-]. The maximum Gasteiger partial charge on any atom is 0.335 e. The maximum absolute atomic E-state index is 11.0. The van der Waals surface area contributed by atoms with Crippen LogP contribution in [0.2, 0.25) is 0 Å². The van der Waals surface area contributed by atoms with Crippen molar-refractivity contribution in [2.24, 2.45) is 0 Å². The minimum Gasteiger partial charge on any atom is -0.478 e. The van der Waals surface area contributed by atoms with E-state index in [1.807, 2.05) is 13.0 Å². The van der Waals surface area contributed by atoms with Crippen LogP contribution in [0.4, 0.5) is 11.4 Å². The van der Waals surface area contributed by atoms with E-state index in [1.165, 1.54) is 12.1 Å². The van der Waals surface area contributed by atoms with E-state index in [1.54, 1.807) is 12.4 Å². The first kappa shape index (κ1) is 14.4. The molecule has 7 nitrogen and oxygen atoms in total. The van der Waals surface area contributed by atoms with Gasteiger partial charge in [-0.25, -0.2) is 4.79 Å². The second-order valence-electron chi connectivity index (χ2n) is 4.45. The number of nitrogens with zero attached hydrogens (tertiary/aromatic N) is 2. The first-order chi connectivity index (χ1) is 9.99. The van der Waals surface area contributed by atoms with Crippen molar-refractivity contribution in [3.63, 3.8) is 0 Å². The molecule has 1 aromatic heterocycles. The zero-order valence-electron chi connectivity index (χ0n) is 11.2. The van der Waals surface area contributed by atoms with Crippen molar-refractivity contribution in [2.45, 2.75) is 13.5 Å². The molecule has 0 aliphatic carbocycles. The van der Waals surface area contributed by atoms with Crippen LogP contribution in [0.25, 0.3) is 0 Å². The number of benzene rings is 1. The smallest absolute Gasteiger partial charge is 0.335 e. The van der Waals surface area contributed by atoms with Gasteiger partial charge in [-0.2, -0.15) is 0 Å². The van der Waals surface area contributed by atoms with Crippen molar-refractivity contribution in [3.05, 3.63) is 63.5 Å². The molecule has 1 aromatic carbocycles. The van der Waals surface area contributed by atoms with Crippen molar-refractivity contribution >= 4 is 17.3 Å². The number of hydrogen-bond donors (Lipinski definition) is 2. The van der Waals surface area contributed by atoms with Gasteiger partial charge in [0.25, 0.3) is 5.69 Å². The highest BCUT2D eigenvalue weighted by Gasteiger charge is 2.17. The van der Waals surface area contributed by atoms with Gasteiger partial charge in [-0.1, -0.05) is 0 Å². The number of aromatic nitrogens is 1. The molecule has 1 heterocycles. The lowest BCUT2D eigenvalue weighted by Crippen LogP contribution is -2.06. The summed E-state index contributed by atoms with van der Waals surface area (Å²) in [4.78, 5) is 25.3. The molecule has 0 bridgehead atoms. The van der Waals surface area contributed by atoms with Crippen LogP contribution in [-0.4, -0.2) is 21.0 Å². The molecule has 2 rings (SSSR count). The molecule has 7 heteroatoms. The zero-order valence-corrected chi connectivity index (χ0v) is 11.2. The lowest BCUT2D eigenvalue weighted by Gasteiger charge is -2.09. The molecular formula is C14H13N3O4. The monoisotopic (exact) mass is 287 g/mol. The van der Waals surface area contributed by atoms with Crippen LogP contribution in [0.3, 0.4) is 0 Å². The van der Waals surface area contributed by atoms with E-state index >= 15 is 0 Å². The predicted molar refractivity (Wildman–Crippen MR) is 76.4 cm³/mol. The summed E-state index contributed by atoms with van der Waals surface area (Å²) in [5.41, 5.74) is 1.83. The number of nitrogens with one attached hydrogen (secondary N) is 1. The van der Waals surface area contributed by atoms with Crippen LogP contribution in [-0.2, 0) is 6.54 Å². The fourth-order valence-corrected chi connectivity index (χ4v) is 1.86. The van der Waals surface area contributed by atoms with Gasteiger partial charge in [0.15, 0.2) is 0 Å². The Morgan fingerprint density at radius 2 is 2.19 bits per heavy atom. The Bertz CT molecular complexity index is 700. The molecule has 21 heavy (non-hydrogen) atoms. The summed E-state index contributed by atoms with van der Waals surface area (Å²) in [6.07, 6.45) is 3.35. The van der Waals surface area contributed by atoms with Crippen molar-refractivity contribution in [1.29, 1.82) is 0 Å². The molecular weight excluding hydrogens is 274 g/mol. The van der Waals surface area contributed by atoms with E-state index in [0.29, 0.717) is 6.54 Å². The summed E-state index contributed by atoms with van der Waals surface area (Å²) >= 11 is 0. The molecule has 0 spiro atoms. The van der Waals surface area contributed by atoms with Gasteiger partial charge in [0.05, 0.1) is 10.5 Å². The molecule has 0 radical (unpaired) electrons. The Labute approximate surface area is 120 Å². The highest BCUT2D eigenvalue weighted by Crippen LogP contribution is 2.26. The third-order valence-electron chi connectivity index (χ3n) is 3.05. The number of hydrogen-bond acceptors (Lipinski definition) is 5. The maximum atomic E-state index is 11.0. The lowest BCUT2D eigenvalue weighted by atomic mass is 10.1. The minimum absolute atomic E-state index is 0.118. The van der Waals surface area contributed by atoms with Crippen LogP contribution < -0.4 is 5.32 Å². The first-order valence-electron chi connectivity index (χ1n) is 6.14. The summed E-state index contributed by atoms with van der Waals surface area (Å²) in [6.45, 7) is 2.29. The van der Waals surface area contributed by atoms with Gasteiger partial charge in [-0.3, -0.25) is 15.1 Å². The molecule has 0 unspecified atom stereocenters. The summed E-state index contributed by atoms with van der Waals surface area (Å²) < 4.78 is 0. The molecule has 0 aliphatic heterocycles. The van der Waals surface area contributed by atoms with Gasteiger partial charge in [0.1, 0.15) is 5.69 Å². The van der Waals surface area contributed by atoms with E-state index in [-0.39, 0.29) is 16.9 Å². The predicted octanol–water partition coefficient (Wildman–Crippen LogP) is 2.61. The highest BCUT2D eigenvalue weighted by molar-refractivity contribution is 5.89. The number of carbonyl (C=O) groups is 1. The normalized spacial score (nSPS) is 10.1. The van der Waals surface area contributed by atoms with Crippen molar-refractivity contribution in [1.82, 2.24) is 4.98 Å². The third kappa shape index (κ3) is 3.33. The molecule has 0 atom stereocenters. The molecule has 0 saturated carbocycles. The van der Waals surface area contributed by atoms with Gasteiger partial charge in [0, 0.05) is 25.0 Å². The number of rotatable bonds is 5. The number of pyridine rings is 1. The van der Waals surface area contributed by atoms with E-state index in [4.69, 9.17) is 5.11 Å². The Balaban J connectivity index is 2.26. The fourth-order valence-electron chi connectivity index (χ4n) is 1.86. The van der Waals surface area contributed by atoms with Crippen LogP contribution in [0.5, 0.6) is 0 Å². The number of aryl methyl sites for hydroxylation is 1. The average Bonchev–Trinajstić information content (AvgIpc) is 2.46. The number of aromatic carboxylic acids is 1. The van der Waals surface area contributed by atoms with Gasteiger partial charge in [-0.15, -0.1) is 0 Å². The number of anilines is 1. The summed E-state index contributed by atoms with van der Waals surface area (Å²) in [5.74, 6) is -1.20. The van der Waals surface area contributed by atoms with Crippen LogP contribution in [0.15, 0.2) is 36.7 Å². The van der Waals surface area contributed by atoms with Gasteiger partial charge >= 0.3 is 5.97 Å². The molecule has 2 N–H and O–H groups in total. The van der Waals surface area contributed by atoms with E-state index < -0.39 is 10.9 Å². The van der Waals surface area contributed by atoms with Crippen LogP contribution in [0.1, 0.15) is 21.5 Å². The van der Waals surface area contributed by atoms with Crippen molar-refractivity contribution in [3.8, 4) is 0 Å². The van der Waals surface area contributed by atoms with Crippen molar-refractivity contribution in [2.75, 3.05) is 5.32 Å². The molecule has 0 amide bonds. The summed E-state index contributed by atoms with van der Waals surface area (Å²) in [5, 5.41) is 22.9. The number of carboxylic acid groups (broad SMARTS) is 1. The summed E-state index contributed by atoms with van der Waals surface area (Å²) in [7, 11) is 0. The second kappa shape index (κ2) is 6.00. The Hall–Kier alpha value is -2.96. The minimum atomic E-state index is -1.20. The highest BCUT2D eigenvalue weighted by atomic mass is 16.6. The molecule has 108 valence electrons. The van der Waals surface area contributed by atoms with Gasteiger partial charge in [-0.05, 0) is 36.2 Å². The Morgan fingerprint density at radius 1 is 1.43 bits per heavy atom. The Morgan fingerprint density at radius 3 is 2.81 bits per heavy atom. The number of carboxylic acids is 1. The van der Waals surface area contributed by atoms with Gasteiger partial charge in [0.2, 0.25) is 0 Å². The zero-order chi connectivity index (χ0) is 15.4. The molecule has 0 aliphatic rings. The number of nitro benzene ring substituents is 1. The fraction of sp³-hybridized carbons (Fsp3) is 0.143. The number of nitro groups is 1. The van der Waals surface area contributed by atoms with E-state index in [2.05, 4.69) is 10.3 Å². The Kier molecular flexibility index (Phi) is 4.13. The van der Waals surface area contributed by atoms with Crippen LogP contribution >= 0.6 is 0 Å². The first-order valence-corrected chi connectivity index (χ1v) is 6.14. The quantitative estimate of drug-likeness (QED) is 0.646. The standard InChI is InChI=1S/C14H13N3O4/c1-9-7-15-5-4-11(9)8-16-12-3-2-10(14(18)19)6-13(12)17(20)21/h2-7,16H,8H2,1H3,(H,18,19). The van der Waals surface area contributed by atoms with Crippen LogP contribution in [0, 0.1) is 17.0 Å². The van der Waals surface area contributed by atoms with Crippen molar-refractivity contribution < 1.29 is 14.8 Å². The second-order valence-corrected chi connectivity index (χ2v) is 4.45. The molecule has 0 saturated heterocycles. The average molecular weight is 287 g/mol. The molecule has 2 aromatic rings. The third-order valence-corrected chi connectivity index (χ3v) is 3.05. The largest absolute Gasteiger partial charge is 0.478 e. The van der Waals surface area contributed by atoms with Gasteiger partial charge < -0.3 is 10.4 Å². The topological polar surface area (TPSA) is 105 Å². The molecule has 0 fully saturated rings. The lowest BCUT2D eigenvalue weighted by molar-refractivity contribution is -0.384. The van der Waals surface area contributed by atoms with E-state index in [0.717, 1.165) is 17.2 Å².